The van der Waals surface area contributed by atoms with Gasteiger partial charge in [-0.25, -0.2) is 4.39 Å². The smallest absolute Gasteiger partial charge is 0.272 e. The number of hydrogen-bond acceptors (Lipinski definition) is 3. The highest BCUT2D eigenvalue weighted by Gasteiger charge is 2.11. The summed E-state index contributed by atoms with van der Waals surface area (Å²) in [4.78, 5) is 9.97. The average Bonchev–Trinajstić information content (AvgIpc) is 2.38. The number of nitro benzene ring substituents is 1. The molecule has 2 aromatic carbocycles. The van der Waals surface area contributed by atoms with Gasteiger partial charge in [-0.15, -0.1) is 0 Å². The third kappa shape index (κ3) is 3.37. The lowest BCUT2D eigenvalue weighted by atomic mass is 10.00. The number of rotatable bonds is 4. The van der Waals surface area contributed by atoms with Crippen molar-refractivity contribution < 1.29 is 9.31 Å². The summed E-state index contributed by atoms with van der Waals surface area (Å²) in [6, 6.07) is 7.77. The van der Waals surface area contributed by atoms with Gasteiger partial charge in [-0.2, -0.15) is 0 Å². The van der Waals surface area contributed by atoms with Gasteiger partial charge in [0.15, 0.2) is 5.82 Å². The lowest BCUT2D eigenvalue weighted by molar-refractivity contribution is -0.385. The fourth-order valence-corrected chi connectivity index (χ4v) is 2.43. The molecule has 0 aliphatic carbocycles. The predicted molar refractivity (Wildman–Crippen MR) is 81.0 cm³/mol. The maximum absolute atomic E-state index is 13.8. The zero-order valence-corrected chi connectivity index (χ0v) is 12.2. The van der Waals surface area contributed by atoms with Crippen molar-refractivity contribution in [3.05, 3.63) is 68.5 Å². The van der Waals surface area contributed by atoms with Gasteiger partial charge in [-0.1, -0.05) is 17.7 Å². The van der Waals surface area contributed by atoms with Crippen LogP contribution >= 0.6 is 0 Å². The molecule has 0 fully saturated rings. The second-order valence-corrected chi connectivity index (χ2v) is 5.15. The van der Waals surface area contributed by atoms with Crippen LogP contribution in [0.3, 0.4) is 0 Å². The van der Waals surface area contributed by atoms with Gasteiger partial charge in [-0.05, 0) is 43.5 Å². The minimum absolute atomic E-state index is 0.249. The number of hydrogen-bond donors (Lipinski definition) is 1. The highest BCUT2D eigenvalue weighted by atomic mass is 19.1. The number of nitrogens with one attached hydrogen (secondary N) is 1. The molecule has 0 radical (unpaired) electrons. The molecule has 0 bridgehead atoms. The van der Waals surface area contributed by atoms with E-state index in [-0.39, 0.29) is 11.4 Å². The first-order valence-corrected chi connectivity index (χ1v) is 6.63. The van der Waals surface area contributed by atoms with E-state index in [1.165, 1.54) is 17.7 Å². The first-order valence-electron chi connectivity index (χ1n) is 6.63. The molecule has 2 rings (SSSR count). The van der Waals surface area contributed by atoms with Crippen LogP contribution in [0, 0.1) is 36.7 Å². The van der Waals surface area contributed by atoms with E-state index in [0.717, 1.165) is 22.8 Å². The topological polar surface area (TPSA) is 55.2 Å². The van der Waals surface area contributed by atoms with Gasteiger partial charge < -0.3 is 5.32 Å². The van der Waals surface area contributed by atoms with Crippen LogP contribution in [0.25, 0.3) is 0 Å². The third-order valence-corrected chi connectivity index (χ3v) is 3.46. The largest absolute Gasteiger partial charge is 0.379 e. The molecule has 110 valence electrons. The molecular weight excluding hydrogens is 271 g/mol. The molecule has 2 aromatic rings. The Morgan fingerprint density at radius 1 is 1.14 bits per heavy atom. The van der Waals surface area contributed by atoms with Gasteiger partial charge in [0.2, 0.25) is 0 Å². The molecule has 0 saturated heterocycles. The van der Waals surface area contributed by atoms with E-state index >= 15 is 0 Å². The molecule has 0 heterocycles. The second kappa shape index (κ2) is 5.91. The summed E-state index contributed by atoms with van der Waals surface area (Å²) >= 11 is 0. The molecule has 0 amide bonds. The van der Waals surface area contributed by atoms with E-state index in [1.807, 2.05) is 20.8 Å². The van der Waals surface area contributed by atoms with Crippen LogP contribution in [0.1, 0.15) is 22.3 Å². The minimum Gasteiger partial charge on any atom is -0.379 e. The highest BCUT2D eigenvalue weighted by molar-refractivity contribution is 5.51. The molecule has 0 aliphatic heterocycles. The number of non-ortho nitro benzene ring substituents is 1. The maximum Gasteiger partial charge on any atom is 0.272 e. The average molecular weight is 288 g/mol. The molecule has 21 heavy (non-hydrogen) atoms. The molecule has 5 heteroatoms. The van der Waals surface area contributed by atoms with Gasteiger partial charge >= 0.3 is 0 Å². The molecule has 1 N–H and O–H groups in total. The third-order valence-electron chi connectivity index (χ3n) is 3.46. The number of benzene rings is 2. The van der Waals surface area contributed by atoms with Gasteiger partial charge in [0, 0.05) is 12.6 Å². The Labute approximate surface area is 122 Å². The van der Waals surface area contributed by atoms with Crippen molar-refractivity contribution in [3.8, 4) is 0 Å². The van der Waals surface area contributed by atoms with Crippen molar-refractivity contribution in [1.82, 2.24) is 0 Å². The lowest BCUT2D eigenvalue weighted by Gasteiger charge is -2.13. The molecular formula is C16H17FN2O2. The van der Waals surface area contributed by atoms with Crippen molar-refractivity contribution in [2.45, 2.75) is 27.3 Å². The monoisotopic (exact) mass is 288 g/mol. The highest BCUT2D eigenvalue weighted by Crippen LogP contribution is 2.23. The van der Waals surface area contributed by atoms with Crippen molar-refractivity contribution in [2.24, 2.45) is 0 Å². The minimum atomic E-state index is -0.619. The van der Waals surface area contributed by atoms with Crippen molar-refractivity contribution >= 4 is 11.4 Å². The zero-order valence-electron chi connectivity index (χ0n) is 12.2. The quantitative estimate of drug-likeness (QED) is 0.675. The normalized spacial score (nSPS) is 10.5. The van der Waals surface area contributed by atoms with Gasteiger partial charge in [0.05, 0.1) is 16.7 Å². The van der Waals surface area contributed by atoms with Crippen molar-refractivity contribution in [1.29, 1.82) is 0 Å². The summed E-state index contributed by atoms with van der Waals surface area (Å²) < 4.78 is 13.8. The van der Waals surface area contributed by atoms with Crippen LogP contribution in [-0.2, 0) is 6.54 Å². The van der Waals surface area contributed by atoms with Crippen LogP contribution in [0.5, 0.6) is 0 Å². The van der Waals surface area contributed by atoms with E-state index < -0.39 is 10.7 Å². The molecule has 0 aliphatic rings. The fraction of sp³-hybridized carbons (Fsp3) is 0.250. The summed E-state index contributed by atoms with van der Waals surface area (Å²) in [7, 11) is 0. The van der Waals surface area contributed by atoms with Gasteiger partial charge in [0.1, 0.15) is 0 Å². The van der Waals surface area contributed by atoms with Crippen LogP contribution in [0.4, 0.5) is 15.8 Å². The first-order chi connectivity index (χ1) is 9.88. The number of anilines is 1. The Hall–Kier alpha value is -2.43. The Kier molecular flexibility index (Phi) is 4.21. The maximum atomic E-state index is 13.8. The standard InChI is InChI=1S/C16H17FN2O2/c1-10-6-11(2)14(12(3)7-10)9-18-16-5-4-13(19(20)21)8-15(16)17/h4-8,18H,9H2,1-3H3. The van der Waals surface area contributed by atoms with Crippen molar-refractivity contribution in [2.75, 3.05) is 5.32 Å². The second-order valence-electron chi connectivity index (χ2n) is 5.15. The van der Waals surface area contributed by atoms with Gasteiger partial charge in [-0.3, -0.25) is 10.1 Å². The van der Waals surface area contributed by atoms with E-state index in [0.29, 0.717) is 6.54 Å². The molecule has 0 unspecified atom stereocenters. The molecule has 0 aromatic heterocycles. The van der Waals surface area contributed by atoms with Crippen LogP contribution in [0.2, 0.25) is 0 Å². The van der Waals surface area contributed by atoms with E-state index in [2.05, 4.69) is 17.4 Å². The van der Waals surface area contributed by atoms with Crippen LogP contribution in [-0.4, -0.2) is 4.92 Å². The summed E-state index contributed by atoms with van der Waals surface area (Å²) in [6.45, 7) is 6.55. The Bertz CT molecular complexity index is 676. The predicted octanol–water partition coefficient (Wildman–Crippen LogP) is 4.27. The number of halogens is 1. The number of nitro groups is 1. The van der Waals surface area contributed by atoms with Crippen LogP contribution < -0.4 is 5.32 Å². The van der Waals surface area contributed by atoms with Gasteiger partial charge in [0.25, 0.3) is 5.69 Å². The number of aryl methyl sites for hydroxylation is 3. The zero-order chi connectivity index (χ0) is 15.6. The summed E-state index contributed by atoms with van der Waals surface area (Å²) in [6.07, 6.45) is 0. The summed E-state index contributed by atoms with van der Waals surface area (Å²) in [5, 5.41) is 13.6. The van der Waals surface area contributed by atoms with Crippen molar-refractivity contribution in [3.63, 3.8) is 0 Å². The first kappa shape index (κ1) is 15.0. The summed E-state index contributed by atoms with van der Waals surface area (Å²) in [5.41, 5.74) is 4.60. The molecule has 0 atom stereocenters. The SMILES string of the molecule is Cc1cc(C)c(CNc2ccc([N+](=O)[O-])cc2F)c(C)c1. The fourth-order valence-electron chi connectivity index (χ4n) is 2.43. The summed E-state index contributed by atoms with van der Waals surface area (Å²) in [5.74, 6) is -0.619. The van der Waals surface area contributed by atoms with Crippen LogP contribution in [0.15, 0.2) is 30.3 Å². The molecule has 4 nitrogen and oxygen atoms in total. The van der Waals surface area contributed by atoms with E-state index in [9.17, 15) is 14.5 Å². The molecule has 0 saturated carbocycles. The Morgan fingerprint density at radius 3 is 2.29 bits per heavy atom. The lowest BCUT2D eigenvalue weighted by Crippen LogP contribution is -2.05. The Balaban J connectivity index is 2.19. The number of nitrogens with zero attached hydrogens (tertiary/aromatic N) is 1. The Morgan fingerprint density at radius 2 is 1.76 bits per heavy atom. The molecule has 0 spiro atoms. The van der Waals surface area contributed by atoms with E-state index in [1.54, 1.807) is 0 Å². The van der Waals surface area contributed by atoms with E-state index in [4.69, 9.17) is 0 Å².